The highest BCUT2D eigenvalue weighted by atomic mass is 32.2. The van der Waals surface area contributed by atoms with Crippen LogP contribution in [0.1, 0.15) is 40.1 Å². The lowest BCUT2D eigenvalue weighted by molar-refractivity contribution is 0.0735. The van der Waals surface area contributed by atoms with Gasteiger partial charge in [0.1, 0.15) is 0 Å². The summed E-state index contributed by atoms with van der Waals surface area (Å²) in [6.07, 6.45) is 3.67. The third-order valence-electron chi connectivity index (χ3n) is 6.60. The minimum atomic E-state index is -3.61. The summed E-state index contributed by atoms with van der Waals surface area (Å²) in [7, 11) is -3.61. The first-order valence-electron chi connectivity index (χ1n) is 11.4. The smallest absolute Gasteiger partial charge is 0.256 e. The summed E-state index contributed by atoms with van der Waals surface area (Å²) in [5.74, 6) is -0.0981. The topological polar surface area (TPSA) is 70.2 Å². The molecule has 5 rings (SSSR count). The Morgan fingerprint density at radius 1 is 0.969 bits per heavy atom. The first-order valence-corrected chi connectivity index (χ1v) is 13.7. The SMILES string of the molecule is O=C(c1cc(S(=O)(=O)N2CCCCC2)ccc1N1CCOCC1)N1CCc2sccc2C1. The molecule has 32 heavy (non-hydrogen) atoms. The van der Waals surface area contributed by atoms with Gasteiger partial charge in [0.05, 0.1) is 23.7 Å². The van der Waals surface area contributed by atoms with Crippen molar-refractivity contribution < 1.29 is 17.9 Å². The fourth-order valence-corrected chi connectivity index (χ4v) is 7.21. The van der Waals surface area contributed by atoms with Crippen LogP contribution in [0.3, 0.4) is 0 Å². The molecule has 0 atom stereocenters. The Kier molecular flexibility index (Phi) is 6.24. The number of hydrogen-bond donors (Lipinski definition) is 0. The normalized spacial score (nSPS) is 20.2. The summed E-state index contributed by atoms with van der Waals surface area (Å²) in [6, 6.07) is 7.17. The molecular formula is C23H29N3O4S2. The van der Waals surface area contributed by atoms with Crippen LogP contribution in [0, 0.1) is 0 Å². The van der Waals surface area contributed by atoms with Crippen molar-refractivity contribution in [2.24, 2.45) is 0 Å². The number of amides is 1. The molecule has 3 aliphatic heterocycles. The zero-order valence-electron chi connectivity index (χ0n) is 18.2. The Balaban J connectivity index is 1.50. The van der Waals surface area contributed by atoms with E-state index in [9.17, 15) is 13.2 Å². The maximum Gasteiger partial charge on any atom is 0.256 e. The molecule has 7 nitrogen and oxygen atoms in total. The van der Waals surface area contributed by atoms with Crippen LogP contribution in [0.5, 0.6) is 0 Å². The van der Waals surface area contributed by atoms with Crippen LogP contribution in [-0.4, -0.2) is 69.5 Å². The lowest BCUT2D eigenvalue weighted by Gasteiger charge is -2.33. The number of thiophene rings is 1. The highest BCUT2D eigenvalue weighted by Crippen LogP contribution is 2.31. The molecule has 0 N–H and O–H groups in total. The van der Waals surface area contributed by atoms with E-state index in [0.717, 1.165) is 31.4 Å². The van der Waals surface area contributed by atoms with Crippen LogP contribution < -0.4 is 4.90 Å². The van der Waals surface area contributed by atoms with E-state index in [1.165, 1.54) is 10.4 Å². The second-order valence-electron chi connectivity index (χ2n) is 8.59. The van der Waals surface area contributed by atoms with Crippen molar-refractivity contribution in [2.75, 3.05) is 50.8 Å². The van der Waals surface area contributed by atoms with Gasteiger partial charge in [-0.15, -0.1) is 11.3 Å². The van der Waals surface area contributed by atoms with Crippen molar-refractivity contribution in [1.29, 1.82) is 0 Å². The molecule has 1 aromatic heterocycles. The maximum atomic E-state index is 13.7. The van der Waals surface area contributed by atoms with Gasteiger partial charge in [-0.05, 0) is 54.5 Å². The van der Waals surface area contributed by atoms with Gasteiger partial charge in [0.2, 0.25) is 10.0 Å². The van der Waals surface area contributed by atoms with Gasteiger partial charge >= 0.3 is 0 Å². The van der Waals surface area contributed by atoms with Crippen LogP contribution in [0.4, 0.5) is 5.69 Å². The molecule has 1 amide bonds. The van der Waals surface area contributed by atoms with Crippen molar-refractivity contribution in [2.45, 2.75) is 37.1 Å². The molecule has 0 aliphatic carbocycles. The summed E-state index contributed by atoms with van der Waals surface area (Å²) in [5, 5.41) is 2.07. The molecular weight excluding hydrogens is 446 g/mol. The summed E-state index contributed by atoms with van der Waals surface area (Å²) < 4.78 is 33.7. The molecule has 0 bridgehead atoms. The van der Waals surface area contributed by atoms with Crippen molar-refractivity contribution in [1.82, 2.24) is 9.21 Å². The van der Waals surface area contributed by atoms with E-state index < -0.39 is 10.0 Å². The second kappa shape index (κ2) is 9.13. The molecule has 4 heterocycles. The summed E-state index contributed by atoms with van der Waals surface area (Å²) in [4.78, 5) is 19.3. The predicted molar refractivity (Wildman–Crippen MR) is 125 cm³/mol. The molecule has 0 spiro atoms. The zero-order valence-corrected chi connectivity index (χ0v) is 19.8. The average molecular weight is 476 g/mol. The third-order valence-corrected chi connectivity index (χ3v) is 9.52. The molecule has 0 saturated carbocycles. The maximum absolute atomic E-state index is 13.7. The number of rotatable bonds is 4. The average Bonchev–Trinajstić information content (AvgIpc) is 3.32. The van der Waals surface area contributed by atoms with Crippen LogP contribution in [0.15, 0.2) is 34.5 Å². The van der Waals surface area contributed by atoms with Gasteiger partial charge in [-0.2, -0.15) is 4.31 Å². The number of nitrogens with zero attached hydrogens (tertiary/aromatic N) is 3. The highest BCUT2D eigenvalue weighted by molar-refractivity contribution is 7.89. The Bertz CT molecular complexity index is 1090. The molecule has 0 unspecified atom stereocenters. The Morgan fingerprint density at radius 2 is 1.75 bits per heavy atom. The molecule has 0 radical (unpaired) electrons. The summed E-state index contributed by atoms with van der Waals surface area (Å²) in [6.45, 7) is 4.89. The van der Waals surface area contributed by atoms with Gasteiger partial charge in [0.25, 0.3) is 5.91 Å². The molecule has 2 saturated heterocycles. The number of hydrogen-bond acceptors (Lipinski definition) is 6. The van der Waals surface area contributed by atoms with E-state index in [2.05, 4.69) is 16.3 Å². The van der Waals surface area contributed by atoms with E-state index in [0.29, 0.717) is 58.0 Å². The van der Waals surface area contributed by atoms with Crippen molar-refractivity contribution in [3.8, 4) is 0 Å². The Morgan fingerprint density at radius 3 is 2.53 bits per heavy atom. The molecule has 2 aromatic rings. The van der Waals surface area contributed by atoms with Gasteiger partial charge in [-0.3, -0.25) is 4.79 Å². The van der Waals surface area contributed by atoms with Gasteiger partial charge in [-0.1, -0.05) is 6.42 Å². The molecule has 172 valence electrons. The molecule has 1 aromatic carbocycles. The Labute approximate surface area is 193 Å². The van der Waals surface area contributed by atoms with Crippen molar-refractivity contribution in [3.05, 3.63) is 45.6 Å². The minimum absolute atomic E-state index is 0.0981. The Hall–Kier alpha value is -1.94. The second-order valence-corrected chi connectivity index (χ2v) is 11.5. The lowest BCUT2D eigenvalue weighted by atomic mass is 10.1. The predicted octanol–water partition coefficient (Wildman–Crippen LogP) is 2.96. The van der Waals surface area contributed by atoms with E-state index in [1.54, 1.807) is 27.8 Å². The number of fused-ring (bicyclic) bond motifs is 1. The van der Waals surface area contributed by atoms with Gasteiger partial charge < -0.3 is 14.5 Å². The van der Waals surface area contributed by atoms with E-state index in [1.807, 2.05) is 11.0 Å². The highest BCUT2D eigenvalue weighted by Gasteiger charge is 2.31. The lowest BCUT2D eigenvalue weighted by Crippen LogP contribution is -2.40. The van der Waals surface area contributed by atoms with Gasteiger partial charge in [0.15, 0.2) is 0 Å². The van der Waals surface area contributed by atoms with Gasteiger partial charge in [0, 0.05) is 49.8 Å². The first kappa shape index (κ1) is 21.9. The quantitative estimate of drug-likeness (QED) is 0.680. The number of ether oxygens (including phenoxy) is 1. The standard InChI is InChI=1S/C23H29N3O4S2/c27-23(25-10-6-22-18(17-25)7-15-31-22)20-16-19(32(28,29)26-8-2-1-3-9-26)4-5-21(20)24-11-13-30-14-12-24/h4-5,7,15-16H,1-3,6,8-14,17H2. The summed E-state index contributed by atoms with van der Waals surface area (Å²) in [5.41, 5.74) is 2.47. The molecule has 9 heteroatoms. The van der Waals surface area contributed by atoms with Crippen LogP contribution in [-0.2, 0) is 27.7 Å². The number of benzene rings is 1. The fraction of sp³-hybridized carbons (Fsp3) is 0.522. The van der Waals surface area contributed by atoms with E-state index in [-0.39, 0.29) is 10.8 Å². The largest absolute Gasteiger partial charge is 0.378 e. The number of carbonyl (C=O) groups excluding carboxylic acids is 1. The fourth-order valence-electron chi connectivity index (χ4n) is 4.77. The summed E-state index contributed by atoms with van der Waals surface area (Å²) >= 11 is 1.74. The molecule has 3 aliphatic rings. The number of carbonyl (C=O) groups is 1. The van der Waals surface area contributed by atoms with Crippen LogP contribution in [0.25, 0.3) is 0 Å². The zero-order chi connectivity index (χ0) is 22.1. The third kappa shape index (κ3) is 4.19. The number of morpholine rings is 1. The number of anilines is 1. The number of piperidine rings is 1. The van der Waals surface area contributed by atoms with E-state index >= 15 is 0 Å². The monoisotopic (exact) mass is 475 g/mol. The van der Waals surface area contributed by atoms with Crippen LogP contribution >= 0.6 is 11.3 Å². The van der Waals surface area contributed by atoms with Crippen molar-refractivity contribution in [3.63, 3.8) is 0 Å². The molecule has 2 fully saturated rings. The van der Waals surface area contributed by atoms with Crippen LogP contribution in [0.2, 0.25) is 0 Å². The minimum Gasteiger partial charge on any atom is -0.378 e. The number of sulfonamides is 1. The first-order chi connectivity index (χ1) is 15.5. The van der Waals surface area contributed by atoms with Crippen molar-refractivity contribution >= 4 is 33.0 Å². The van der Waals surface area contributed by atoms with E-state index in [4.69, 9.17) is 4.74 Å². The van der Waals surface area contributed by atoms with Gasteiger partial charge in [-0.25, -0.2) is 8.42 Å².